The van der Waals surface area contributed by atoms with Gasteiger partial charge in [0.15, 0.2) is 23.2 Å². The number of rotatable bonds is 13. The Morgan fingerprint density at radius 2 is 1.54 bits per heavy atom. The van der Waals surface area contributed by atoms with Gasteiger partial charge >= 0.3 is 0 Å². The third-order valence-corrected chi connectivity index (χ3v) is 9.46. The van der Waals surface area contributed by atoms with Crippen molar-refractivity contribution in [2.75, 3.05) is 32.1 Å². The molecule has 0 saturated carbocycles. The molecule has 6 rings (SSSR count). The lowest BCUT2D eigenvalue weighted by molar-refractivity contribution is -0.0580. The van der Waals surface area contributed by atoms with Gasteiger partial charge in [-0.05, 0) is 23.3 Å². The van der Waals surface area contributed by atoms with Crippen molar-refractivity contribution in [3.05, 3.63) is 114 Å². The van der Waals surface area contributed by atoms with E-state index in [0.29, 0.717) is 29.4 Å². The van der Waals surface area contributed by atoms with E-state index in [1.165, 1.54) is 25.6 Å². The van der Waals surface area contributed by atoms with Gasteiger partial charge in [-0.3, -0.25) is 4.57 Å². The summed E-state index contributed by atoms with van der Waals surface area (Å²) in [6, 6.07) is 28.4. The predicted octanol–water partition coefficient (Wildman–Crippen LogP) is 2.86. The Hall–Kier alpha value is -4.24. The molecule has 1 fully saturated rings. The molecule has 46 heavy (non-hydrogen) atoms. The Balaban J connectivity index is 1.32. The summed E-state index contributed by atoms with van der Waals surface area (Å²) in [4.78, 5) is 14.2. The number of methoxy groups -OCH3 is 1. The number of aliphatic hydroxyl groups excluding tert-OH is 2. The van der Waals surface area contributed by atoms with Gasteiger partial charge in [-0.15, -0.1) is 0 Å². The highest BCUT2D eigenvalue weighted by atomic mass is 32.2. The highest BCUT2D eigenvalue weighted by Gasteiger charge is 2.44. The van der Waals surface area contributed by atoms with Crippen LogP contribution in [0.3, 0.4) is 0 Å². The Morgan fingerprint density at radius 1 is 0.913 bits per heavy atom. The lowest BCUT2D eigenvalue weighted by Crippen LogP contribution is -2.33. The molecule has 0 radical (unpaired) electrons. The number of imidazole rings is 1. The second-order valence-corrected chi connectivity index (χ2v) is 12.8. The number of aliphatic hydroxyl groups is 2. The van der Waals surface area contributed by atoms with Crippen molar-refractivity contribution in [3.63, 3.8) is 0 Å². The Labute approximate surface area is 267 Å². The second kappa shape index (κ2) is 14.0. The van der Waals surface area contributed by atoms with E-state index >= 15 is 0 Å². The van der Waals surface area contributed by atoms with Crippen molar-refractivity contribution in [3.8, 4) is 0 Å². The van der Waals surface area contributed by atoms with Crippen LogP contribution in [0, 0.1) is 0 Å². The van der Waals surface area contributed by atoms with E-state index in [-0.39, 0.29) is 30.4 Å². The SMILES string of the molecule is COCC1OC(n2cnc3c(NCC(c4ccccc4)c4ccccc4)nc(CCNS(=O)(=O)c4ccccc4)nc32)C(O)C1O. The first kappa shape index (κ1) is 31.7. The van der Waals surface area contributed by atoms with E-state index in [1.54, 1.807) is 22.8 Å². The van der Waals surface area contributed by atoms with Crippen LogP contribution in [0.1, 0.15) is 29.1 Å². The maximum absolute atomic E-state index is 12.8. The molecule has 2 aromatic heterocycles. The van der Waals surface area contributed by atoms with E-state index < -0.39 is 34.6 Å². The minimum Gasteiger partial charge on any atom is -0.387 e. The molecule has 1 aliphatic rings. The van der Waals surface area contributed by atoms with E-state index in [2.05, 4.69) is 39.3 Å². The highest BCUT2D eigenvalue weighted by Crippen LogP contribution is 2.33. The fourth-order valence-electron chi connectivity index (χ4n) is 5.62. The number of ether oxygens (including phenoxy) is 2. The standard InChI is InChI=1S/C33H36N6O6S/c1-44-20-26-29(40)30(41)33(45-26)39-21-35-28-31(34-19-25(22-11-5-2-6-12-22)23-13-7-3-8-14-23)37-27(38-32(28)39)17-18-36-46(42,43)24-15-9-4-10-16-24/h2-16,21,25-26,29-30,33,36,40-41H,17-20H2,1H3,(H,34,37,38). The van der Waals surface area contributed by atoms with Gasteiger partial charge in [0.1, 0.15) is 24.1 Å². The number of benzene rings is 3. The van der Waals surface area contributed by atoms with Crippen LogP contribution in [0.2, 0.25) is 0 Å². The molecule has 4 atom stereocenters. The van der Waals surface area contributed by atoms with Crippen molar-refractivity contribution in [1.82, 2.24) is 24.2 Å². The molecule has 240 valence electrons. The summed E-state index contributed by atoms with van der Waals surface area (Å²) in [5, 5.41) is 24.9. The van der Waals surface area contributed by atoms with E-state index in [0.717, 1.165) is 11.1 Å². The topological polar surface area (TPSA) is 161 Å². The largest absolute Gasteiger partial charge is 0.387 e. The maximum Gasteiger partial charge on any atom is 0.240 e. The molecule has 1 saturated heterocycles. The third kappa shape index (κ3) is 6.79. The number of nitrogens with zero attached hydrogens (tertiary/aromatic N) is 4. The summed E-state index contributed by atoms with van der Waals surface area (Å²) in [6.07, 6.45) is -2.49. The van der Waals surface area contributed by atoms with Gasteiger partial charge in [0.2, 0.25) is 10.0 Å². The van der Waals surface area contributed by atoms with Crippen LogP contribution in [0.4, 0.5) is 5.82 Å². The Bertz CT molecular complexity index is 1800. The average molecular weight is 645 g/mol. The van der Waals surface area contributed by atoms with E-state index in [9.17, 15) is 18.6 Å². The zero-order chi connectivity index (χ0) is 32.1. The number of aromatic nitrogens is 4. The van der Waals surface area contributed by atoms with Crippen LogP contribution in [-0.4, -0.2) is 83.3 Å². The second-order valence-electron chi connectivity index (χ2n) is 11.0. The lowest BCUT2D eigenvalue weighted by Gasteiger charge is -2.20. The molecule has 0 bridgehead atoms. The van der Waals surface area contributed by atoms with Gasteiger partial charge in [0.05, 0.1) is 17.8 Å². The van der Waals surface area contributed by atoms with Crippen LogP contribution in [0.25, 0.3) is 11.2 Å². The number of sulfonamides is 1. The van der Waals surface area contributed by atoms with Gasteiger partial charge in [-0.1, -0.05) is 78.9 Å². The van der Waals surface area contributed by atoms with Gasteiger partial charge < -0.3 is 25.0 Å². The number of nitrogens with one attached hydrogen (secondary N) is 2. The molecule has 5 aromatic rings. The maximum atomic E-state index is 12.8. The van der Waals surface area contributed by atoms with Crippen LogP contribution in [-0.2, 0) is 25.9 Å². The highest BCUT2D eigenvalue weighted by molar-refractivity contribution is 7.89. The summed E-state index contributed by atoms with van der Waals surface area (Å²) in [5.74, 6) is 0.786. The lowest BCUT2D eigenvalue weighted by atomic mass is 9.91. The smallest absolute Gasteiger partial charge is 0.240 e. The molecule has 0 spiro atoms. The van der Waals surface area contributed by atoms with Crippen molar-refractivity contribution in [2.24, 2.45) is 0 Å². The van der Waals surface area contributed by atoms with Crippen molar-refractivity contribution in [2.45, 2.75) is 41.8 Å². The van der Waals surface area contributed by atoms with Gasteiger partial charge in [-0.2, -0.15) is 0 Å². The van der Waals surface area contributed by atoms with Crippen LogP contribution in [0.5, 0.6) is 0 Å². The first-order chi connectivity index (χ1) is 22.4. The number of hydrogen-bond donors (Lipinski definition) is 4. The minimum atomic E-state index is -3.73. The quantitative estimate of drug-likeness (QED) is 0.150. The third-order valence-electron chi connectivity index (χ3n) is 7.98. The molecule has 0 aliphatic carbocycles. The number of hydrogen-bond acceptors (Lipinski definition) is 10. The van der Waals surface area contributed by atoms with Crippen LogP contribution < -0.4 is 10.0 Å². The summed E-state index contributed by atoms with van der Waals surface area (Å²) < 4.78 is 41.0. The van der Waals surface area contributed by atoms with Crippen LogP contribution in [0.15, 0.2) is 102 Å². The molecule has 1 aliphatic heterocycles. The molecule has 13 heteroatoms. The number of anilines is 1. The monoisotopic (exact) mass is 644 g/mol. The predicted molar refractivity (Wildman–Crippen MR) is 172 cm³/mol. The molecule has 3 heterocycles. The average Bonchev–Trinajstić information content (AvgIpc) is 3.62. The van der Waals surface area contributed by atoms with Crippen LogP contribution >= 0.6 is 0 Å². The van der Waals surface area contributed by atoms with Crippen molar-refractivity contribution >= 4 is 27.0 Å². The molecular formula is C33H36N6O6S. The minimum absolute atomic E-state index is 0.0134. The first-order valence-electron chi connectivity index (χ1n) is 15.0. The molecule has 0 amide bonds. The van der Waals surface area contributed by atoms with Crippen molar-refractivity contribution < 1.29 is 28.1 Å². The molecule has 12 nitrogen and oxygen atoms in total. The van der Waals surface area contributed by atoms with E-state index in [4.69, 9.17) is 19.4 Å². The summed E-state index contributed by atoms with van der Waals surface area (Å²) >= 11 is 0. The van der Waals surface area contributed by atoms with Gasteiger partial charge in [0.25, 0.3) is 0 Å². The molecular weight excluding hydrogens is 608 g/mol. The fraction of sp³-hybridized carbons (Fsp3) is 0.303. The fourth-order valence-corrected chi connectivity index (χ4v) is 6.67. The molecule has 3 aromatic carbocycles. The van der Waals surface area contributed by atoms with Gasteiger partial charge in [0, 0.05) is 32.5 Å². The zero-order valence-electron chi connectivity index (χ0n) is 25.2. The molecule has 4 unspecified atom stereocenters. The van der Waals surface area contributed by atoms with E-state index in [1.807, 2.05) is 36.4 Å². The summed E-state index contributed by atoms with van der Waals surface area (Å²) in [7, 11) is -2.24. The first-order valence-corrected chi connectivity index (χ1v) is 16.5. The number of fused-ring (bicyclic) bond motifs is 1. The zero-order valence-corrected chi connectivity index (χ0v) is 26.0. The van der Waals surface area contributed by atoms with Crippen molar-refractivity contribution in [1.29, 1.82) is 0 Å². The molecule has 4 N–H and O–H groups in total. The Kier molecular flexibility index (Phi) is 9.68. The summed E-state index contributed by atoms with van der Waals surface area (Å²) in [6.45, 7) is 0.616. The van der Waals surface area contributed by atoms with Gasteiger partial charge in [-0.25, -0.2) is 28.1 Å². The normalized spacial score (nSPS) is 20.0. The summed E-state index contributed by atoms with van der Waals surface area (Å²) in [5.41, 5.74) is 3.04. The Morgan fingerprint density at radius 3 is 2.17 bits per heavy atom.